The van der Waals surface area contributed by atoms with E-state index in [1.807, 2.05) is 42.5 Å². The number of aliphatic hydroxyl groups excluding tert-OH is 1. The Labute approximate surface area is 126 Å². The predicted molar refractivity (Wildman–Crippen MR) is 84.0 cm³/mol. The first-order chi connectivity index (χ1) is 10.3. The molecule has 2 aromatic carbocycles. The van der Waals surface area contributed by atoms with E-state index in [-0.39, 0.29) is 12.5 Å². The van der Waals surface area contributed by atoms with Gasteiger partial charge in [0, 0.05) is 6.61 Å². The quantitative estimate of drug-likeness (QED) is 0.850. The molecule has 0 aliphatic carbocycles. The lowest BCUT2D eigenvalue weighted by molar-refractivity contribution is 0.224. The van der Waals surface area contributed by atoms with E-state index in [9.17, 15) is 5.11 Å². The van der Waals surface area contributed by atoms with Gasteiger partial charge in [-0.25, -0.2) is 0 Å². The Hall–Kier alpha value is -2.00. The zero-order chi connectivity index (χ0) is 15.1. The Morgan fingerprint density at radius 1 is 0.905 bits per heavy atom. The van der Waals surface area contributed by atoms with E-state index in [0.717, 1.165) is 29.9 Å². The average Bonchev–Trinajstić information content (AvgIpc) is 2.55. The van der Waals surface area contributed by atoms with Crippen molar-refractivity contribution in [2.75, 3.05) is 20.8 Å². The molecule has 0 aliphatic heterocycles. The lowest BCUT2D eigenvalue weighted by atomic mass is 9.93. The van der Waals surface area contributed by atoms with E-state index in [0.29, 0.717) is 0 Å². The average molecular weight is 286 g/mol. The van der Waals surface area contributed by atoms with Gasteiger partial charge in [-0.05, 0) is 48.1 Å². The van der Waals surface area contributed by atoms with Crippen LogP contribution in [0.25, 0.3) is 0 Å². The molecular weight excluding hydrogens is 264 g/mol. The minimum Gasteiger partial charge on any atom is -0.497 e. The van der Waals surface area contributed by atoms with Gasteiger partial charge in [-0.1, -0.05) is 30.3 Å². The van der Waals surface area contributed by atoms with Crippen molar-refractivity contribution in [3.05, 3.63) is 59.7 Å². The lowest BCUT2D eigenvalue weighted by Gasteiger charge is -2.16. The molecule has 3 heteroatoms. The van der Waals surface area contributed by atoms with Crippen LogP contribution in [-0.2, 0) is 12.8 Å². The van der Waals surface area contributed by atoms with Gasteiger partial charge < -0.3 is 14.6 Å². The standard InChI is InChI=1S/C18H22O3/c1-20-17-9-7-14(8-10-17)11-15(13-19)12-16-5-3-4-6-18(16)21-2/h3-10,15,19H,11-13H2,1-2H3. The highest BCUT2D eigenvalue weighted by Gasteiger charge is 2.12. The molecule has 2 aromatic rings. The van der Waals surface area contributed by atoms with Gasteiger partial charge in [-0.15, -0.1) is 0 Å². The van der Waals surface area contributed by atoms with E-state index in [1.165, 1.54) is 5.56 Å². The first-order valence-corrected chi connectivity index (χ1v) is 7.12. The number of methoxy groups -OCH3 is 2. The Bertz CT molecular complexity index is 549. The summed E-state index contributed by atoms with van der Waals surface area (Å²) in [7, 11) is 3.34. The van der Waals surface area contributed by atoms with E-state index in [2.05, 4.69) is 6.07 Å². The van der Waals surface area contributed by atoms with Crippen LogP contribution in [0.4, 0.5) is 0 Å². The second-order valence-corrected chi connectivity index (χ2v) is 5.12. The molecule has 0 saturated heterocycles. The SMILES string of the molecule is COc1ccc(CC(CO)Cc2ccccc2OC)cc1. The van der Waals surface area contributed by atoms with Gasteiger partial charge >= 0.3 is 0 Å². The molecular formula is C18H22O3. The van der Waals surface area contributed by atoms with Crippen molar-refractivity contribution in [1.29, 1.82) is 0 Å². The van der Waals surface area contributed by atoms with Crippen molar-refractivity contribution in [3.8, 4) is 11.5 Å². The third-order valence-electron chi connectivity index (χ3n) is 3.64. The number of rotatable bonds is 7. The summed E-state index contributed by atoms with van der Waals surface area (Å²) in [5.41, 5.74) is 2.33. The summed E-state index contributed by atoms with van der Waals surface area (Å²) in [5, 5.41) is 9.65. The summed E-state index contributed by atoms with van der Waals surface area (Å²) >= 11 is 0. The highest BCUT2D eigenvalue weighted by atomic mass is 16.5. The molecule has 112 valence electrons. The van der Waals surface area contributed by atoms with Crippen molar-refractivity contribution in [1.82, 2.24) is 0 Å². The lowest BCUT2D eigenvalue weighted by Crippen LogP contribution is -2.13. The smallest absolute Gasteiger partial charge is 0.122 e. The van der Waals surface area contributed by atoms with E-state index < -0.39 is 0 Å². The van der Waals surface area contributed by atoms with Gasteiger partial charge in [0.15, 0.2) is 0 Å². The largest absolute Gasteiger partial charge is 0.497 e. The second kappa shape index (κ2) is 7.70. The molecule has 0 saturated carbocycles. The van der Waals surface area contributed by atoms with Crippen LogP contribution in [0.2, 0.25) is 0 Å². The Balaban J connectivity index is 2.05. The number of ether oxygens (including phenoxy) is 2. The molecule has 0 heterocycles. The van der Waals surface area contributed by atoms with E-state index in [1.54, 1.807) is 14.2 Å². The van der Waals surface area contributed by atoms with Crippen LogP contribution < -0.4 is 9.47 Å². The molecule has 3 nitrogen and oxygen atoms in total. The Morgan fingerprint density at radius 2 is 1.62 bits per heavy atom. The second-order valence-electron chi connectivity index (χ2n) is 5.12. The third kappa shape index (κ3) is 4.23. The van der Waals surface area contributed by atoms with Crippen LogP contribution in [0.3, 0.4) is 0 Å². The van der Waals surface area contributed by atoms with E-state index in [4.69, 9.17) is 9.47 Å². The van der Waals surface area contributed by atoms with Gasteiger partial charge in [-0.2, -0.15) is 0 Å². The highest BCUT2D eigenvalue weighted by Crippen LogP contribution is 2.23. The summed E-state index contributed by atoms with van der Waals surface area (Å²) in [6, 6.07) is 16.0. The fraction of sp³-hybridized carbons (Fsp3) is 0.333. The molecule has 0 amide bonds. The molecule has 1 unspecified atom stereocenters. The van der Waals surface area contributed by atoms with Crippen LogP contribution in [0.5, 0.6) is 11.5 Å². The fourth-order valence-corrected chi connectivity index (χ4v) is 2.48. The monoisotopic (exact) mass is 286 g/mol. The number of benzene rings is 2. The van der Waals surface area contributed by atoms with Gasteiger partial charge in [0.25, 0.3) is 0 Å². The first kappa shape index (κ1) is 15.4. The zero-order valence-electron chi connectivity index (χ0n) is 12.6. The van der Waals surface area contributed by atoms with Crippen LogP contribution in [0.1, 0.15) is 11.1 Å². The van der Waals surface area contributed by atoms with Crippen molar-refractivity contribution in [2.45, 2.75) is 12.8 Å². The highest BCUT2D eigenvalue weighted by molar-refractivity contribution is 5.34. The van der Waals surface area contributed by atoms with Gasteiger partial charge in [0.05, 0.1) is 14.2 Å². The molecule has 2 rings (SSSR count). The maximum Gasteiger partial charge on any atom is 0.122 e. The molecule has 0 radical (unpaired) electrons. The summed E-state index contributed by atoms with van der Waals surface area (Å²) < 4.78 is 10.5. The van der Waals surface area contributed by atoms with Crippen molar-refractivity contribution >= 4 is 0 Å². The third-order valence-corrected chi connectivity index (χ3v) is 3.64. The minimum atomic E-state index is 0.157. The molecule has 0 fully saturated rings. The molecule has 0 bridgehead atoms. The summed E-state index contributed by atoms with van der Waals surface area (Å²) in [5.74, 6) is 1.91. The Kier molecular flexibility index (Phi) is 5.64. The minimum absolute atomic E-state index is 0.157. The Morgan fingerprint density at radius 3 is 2.24 bits per heavy atom. The van der Waals surface area contributed by atoms with Gasteiger partial charge in [0.1, 0.15) is 11.5 Å². The van der Waals surface area contributed by atoms with Crippen LogP contribution in [0, 0.1) is 5.92 Å². The van der Waals surface area contributed by atoms with Gasteiger partial charge in [0.2, 0.25) is 0 Å². The van der Waals surface area contributed by atoms with Crippen molar-refractivity contribution in [2.24, 2.45) is 5.92 Å². The normalized spacial score (nSPS) is 12.0. The fourth-order valence-electron chi connectivity index (χ4n) is 2.48. The molecule has 1 atom stereocenters. The molecule has 21 heavy (non-hydrogen) atoms. The zero-order valence-corrected chi connectivity index (χ0v) is 12.6. The van der Waals surface area contributed by atoms with Crippen molar-refractivity contribution < 1.29 is 14.6 Å². The van der Waals surface area contributed by atoms with Crippen LogP contribution in [0.15, 0.2) is 48.5 Å². The maximum absolute atomic E-state index is 9.65. The van der Waals surface area contributed by atoms with Gasteiger partial charge in [-0.3, -0.25) is 0 Å². The first-order valence-electron chi connectivity index (χ1n) is 7.12. The number of hydrogen-bond donors (Lipinski definition) is 1. The summed E-state index contributed by atoms with van der Waals surface area (Å²) in [4.78, 5) is 0. The van der Waals surface area contributed by atoms with Crippen molar-refractivity contribution in [3.63, 3.8) is 0 Å². The van der Waals surface area contributed by atoms with Crippen LogP contribution in [-0.4, -0.2) is 25.9 Å². The van der Waals surface area contributed by atoms with E-state index >= 15 is 0 Å². The molecule has 0 aromatic heterocycles. The number of aliphatic hydroxyl groups is 1. The van der Waals surface area contributed by atoms with Crippen LogP contribution >= 0.6 is 0 Å². The summed E-state index contributed by atoms with van der Waals surface area (Å²) in [6.45, 7) is 0.157. The molecule has 1 N–H and O–H groups in total. The summed E-state index contributed by atoms with van der Waals surface area (Å²) in [6.07, 6.45) is 1.63. The maximum atomic E-state index is 9.65. The molecule has 0 spiro atoms. The molecule has 0 aliphatic rings. The number of para-hydroxylation sites is 1. The predicted octanol–water partition coefficient (Wildman–Crippen LogP) is 3.10. The topological polar surface area (TPSA) is 38.7 Å². The number of hydrogen-bond acceptors (Lipinski definition) is 3.